The van der Waals surface area contributed by atoms with Gasteiger partial charge >= 0.3 is 6.61 Å². The summed E-state index contributed by atoms with van der Waals surface area (Å²) < 4.78 is 29.1. The summed E-state index contributed by atoms with van der Waals surface area (Å²) in [5.41, 5.74) is 1.43. The third kappa shape index (κ3) is 4.03. The summed E-state index contributed by atoms with van der Waals surface area (Å²) in [6.07, 6.45) is 3.31. The Morgan fingerprint density at radius 1 is 1.30 bits per heavy atom. The Morgan fingerprint density at radius 2 is 2.00 bits per heavy atom. The molecule has 0 bridgehead atoms. The van der Waals surface area contributed by atoms with Gasteiger partial charge in [0.15, 0.2) is 0 Å². The van der Waals surface area contributed by atoms with Gasteiger partial charge in [-0.05, 0) is 30.7 Å². The number of anilines is 1. The van der Waals surface area contributed by atoms with Crippen molar-refractivity contribution in [3.05, 3.63) is 46.7 Å². The van der Waals surface area contributed by atoms with E-state index in [0.717, 1.165) is 5.56 Å². The van der Waals surface area contributed by atoms with Crippen molar-refractivity contribution in [3.63, 3.8) is 0 Å². The molecule has 7 heteroatoms. The van der Waals surface area contributed by atoms with Gasteiger partial charge in [0.1, 0.15) is 5.75 Å². The highest BCUT2D eigenvalue weighted by atomic mass is 35.5. The first-order valence-electron chi connectivity index (χ1n) is 5.80. The summed E-state index contributed by atoms with van der Waals surface area (Å²) >= 11 is 5.85. The first-order chi connectivity index (χ1) is 9.54. The van der Waals surface area contributed by atoms with E-state index in [9.17, 15) is 8.78 Å². The molecule has 0 atom stereocenters. The minimum Gasteiger partial charge on any atom is -0.434 e. The number of hydrogen-bond acceptors (Lipinski definition) is 4. The van der Waals surface area contributed by atoms with Crippen LogP contribution in [0.2, 0.25) is 5.02 Å². The van der Waals surface area contributed by atoms with E-state index < -0.39 is 6.61 Å². The maximum absolute atomic E-state index is 12.3. The number of rotatable bonds is 5. The van der Waals surface area contributed by atoms with E-state index in [2.05, 4.69) is 20.0 Å². The number of nitrogens with zero attached hydrogens (tertiary/aromatic N) is 2. The second-order valence-electron chi connectivity index (χ2n) is 4.07. The molecule has 1 aromatic carbocycles. The molecule has 1 aromatic heterocycles. The first-order valence-corrected chi connectivity index (χ1v) is 6.18. The van der Waals surface area contributed by atoms with Crippen LogP contribution in [0.5, 0.6) is 5.75 Å². The minimum absolute atomic E-state index is 0.0732. The highest BCUT2D eigenvalue weighted by molar-refractivity contribution is 6.30. The van der Waals surface area contributed by atoms with Crippen molar-refractivity contribution in [2.75, 3.05) is 5.32 Å². The normalized spacial score (nSPS) is 10.7. The monoisotopic (exact) mass is 299 g/mol. The second kappa shape index (κ2) is 6.47. The predicted molar refractivity (Wildman–Crippen MR) is 72.2 cm³/mol. The molecule has 0 unspecified atom stereocenters. The quantitative estimate of drug-likeness (QED) is 0.915. The Balaban J connectivity index is 2.11. The van der Waals surface area contributed by atoms with E-state index in [1.165, 1.54) is 12.1 Å². The van der Waals surface area contributed by atoms with Gasteiger partial charge in [-0.15, -0.1) is 0 Å². The number of benzene rings is 1. The third-order valence-corrected chi connectivity index (χ3v) is 2.69. The fraction of sp³-hybridized carbons (Fsp3) is 0.231. The highest BCUT2D eigenvalue weighted by Crippen LogP contribution is 2.25. The van der Waals surface area contributed by atoms with Crippen molar-refractivity contribution in [3.8, 4) is 5.75 Å². The van der Waals surface area contributed by atoms with Crippen LogP contribution in [-0.4, -0.2) is 16.6 Å². The van der Waals surface area contributed by atoms with Crippen LogP contribution in [0.15, 0.2) is 30.6 Å². The summed E-state index contributed by atoms with van der Waals surface area (Å²) in [4.78, 5) is 8.12. The summed E-state index contributed by atoms with van der Waals surface area (Å²) in [7, 11) is 0. The van der Waals surface area contributed by atoms with E-state index in [4.69, 9.17) is 11.6 Å². The molecule has 106 valence electrons. The van der Waals surface area contributed by atoms with Crippen LogP contribution in [0.25, 0.3) is 0 Å². The maximum Gasteiger partial charge on any atom is 0.387 e. The number of halogens is 3. The molecule has 20 heavy (non-hydrogen) atoms. The molecular formula is C13H12ClF2N3O. The van der Waals surface area contributed by atoms with Crippen LogP contribution >= 0.6 is 11.6 Å². The van der Waals surface area contributed by atoms with Gasteiger partial charge in [-0.3, -0.25) is 0 Å². The van der Waals surface area contributed by atoms with E-state index in [1.807, 2.05) is 6.92 Å². The fourth-order valence-electron chi connectivity index (χ4n) is 1.56. The molecule has 0 aliphatic rings. The zero-order valence-corrected chi connectivity index (χ0v) is 11.4. The molecule has 0 saturated heterocycles. The summed E-state index contributed by atoms with van der Waals surface area (Å²) in [6, 6.07) is 4.45. The number of aryl methyl sites for hydroxylation is 1. The molecule has 2 rings (SSSR count). The Bertz CT molecular complexity index is 578. The number of aromatic nitrogens is 2. The van der Waals surface area contributed by atoms with Crippen molar-refractivity contribution in [1.29, 1.82) is 0 Å². The van der Waals surface area contributed by atoms with Gasteiger partial charge in [-0.1, -0.05) is 11.6 Å². The zero-order chi connectivity index (χ0) is 14.5. The average molecular weight is 300 g/mol. The van der Waals surface area contributed by atoms with Crippen molar-refractivity contribution >= 4 is 17.5 Å². The lowest BCUT2D eigenvalue weighted by atomic mass is 10.2. The van der Waals surface area contributed by atoms with E-state index >= 15 is 0 Å². The lowest BCUT2D eigenvalue weighted by Gasteiger charge is -2.12. The lowest BCUT2D eigenvalue weighted by molar-refractivity contribution is -0.0504. The molecule has 0 radical (unpaired) electrons. The van der Waals surface area contributed by atoms with Crippen LogP contribution in [0.1, 0.15) is 11.1 Å². The lowest BCUT2D eigenvalue weighted by Crippen LogP contribution is -2.08. The van der Waals surface area contributed by atoms with E-state index in [0.29, 0.717) is 16.5 Å². The molecule has 0 spiro atoms. The largest absolute Gasteiger partial charge is 0.434 e. The van der Waals surface area contributed by atoms with E-state index in [-0.39, 0.29) is 12.3 Å². The first kappa shape index (κ1) is 14.5. The smallest absolute Gasteiger partial charge is 0.387 e. The van der Waals surface area contributed by atoms with Gasteiger partial charge in [0.2, 0.25) is 5.95 Å². The standard InChI is InChI=1S/C13H12ClF2N3O/c1-8-5-17-13(18-6-8)19-7-9-4-10(14)2-3-11(9)20-12(15)16/h2-6,12H,7H2,1H3,(H,17,18,19). The van der Waals surface area contributed by atoms with Crippen LogP contribution in [0.4, 0.5) is 14.7 Å². The molecule has 0 aliphatic carbocycles. The van der Waals surface area contributed by atoms with Crippen molar-refractivity contribution in [2.45, 2.75) is 20.1 Å². The molecule has 0 aliphatic heterocycles. The van der Waals surface area contributed by atoms with Crippen LogP contribution in [-0.2, 0) is 6.54 Å². The highest BCUT2D eigenvalue weighted by Gasteiger charge is 2.10. The molecule has 0 amide bonds. The van der Waals surface area contributed by atoms with Crippen LogP contribution in [0, 0.1) is 6.92 Å². The topological polar surface area (TPSA) is 47.0 Å². The van der Waals surface area contributed by atoms with Crippen molar-refractivity contribution in [1.82, 2.24) is 9.97 Å². The minimum atomic E-state index is -2.88. The van der Waals surface area contributed by atoms with Gasteiger partial charge in [0.05, 0.1) is 0 Å². The Kier molecular flexibility index (Phi) is 4.68. The molecule has 0 saturated carbocycles. The fourth-order valence-corrected chi connectivity index (χ4v) is 1.75. The van der Waals surface area contributed by atoms with Gasteiger partial charge in [-0.25, -0.2) is 9.97 Å². The van der Waals surface area contributed by atoms with Gasteiger partial charge in [0, 0.05) is 29.5 Å². The Labute approximate surface area is 119 Å². The Morgan fingerprint density at radius 3 is 2.65 bits per heavy atom. The summed E-state index contributed by atoms with van der Waals surface area (Å²) in [5, 5.41) is 3.36. The summed E-state index contributed by atoms with van der Waals surface area (Å²) in [5.74, 6) is 0.475. The zero-order valence-electron chi connectivity index (χ0n) is 10.6. The number of alkyl halides is 2. The molecule has 2 aromatic rings. The maximum atomic E-state index is 12.3. The predicted octanol–water partition coefficient (Wildman–Crippen LogP) is 3.65. The summed E-state index contributed by atoms with van der Waals surface area (Å²) in [6.45, 7) is -0.786. The number of nitrogens with one attached hydrogen (secondary N) is 1. The van der Waals surface area contributed by atoms with Crippen LogP contribution in [0.3, 0.4) is 0 Å². The molecule has 4 nitrogen and oxygen atoms in total. The third-order valence-electron chi connectivity index (χ3n) is 2.46. The molecule has 0 fully saturated rings. The molecule has 1 heterocycles. The van der Waals surface area contributed by atoms with Crippen LogP contribution < -0.4 is 10.1 Å². The van der Waals surface area contributed by atoms with Gasteiger partial charge in [0.25, 0.3) is 0 Å². The van der Waals surface area contributed by atoms with E-state index in [1.54, 1.807) is 18.5 Å². The van der Waals surface area contributed by atoms with Gasteiger partial charge < -0.3 is 10.1 Å². The van der Waals surface area contributed by atoms with Crippen molar-refractivity contribution < 1.29 is 13.5 Å². The SMILES string of the molecule is Cc1cnc(NCc2cc(Cl)ccc2OC(F)F)nc1. The average Bonchev–Trinajstić information content (AvgIpc) is 2.40. The molecular weight excluding hydrogens is 288 g/mol. The Hall–Kier alpha value is -1.95. The number of ether oxygens (including phenoxy) is 1. The molecule has 1 N–H and O–H groups in total. The second-order valence-corrected chi connectivity index (χ2v) is 4.50. The number of hydrogen-bond donors (Lipinski definition) is 1. The van der Waals surface area contributed by atoms with Crippen molar-refractivity contribution in [2.24, 2.45) is 0 Å². The van der Waals surface area contributed by atoms with Gasteiger partial charge in [-0.2, -0.15) is 8.78 Å².